The molecule has 2 aromatic carbocycles. The van der Waals surface area contributed by atoms with Crippen LogP contribution in [0.3, 0.4) is 0 Å². The number of nitrogens with one attached hydrogen (secondary N) is 4. The summed E-state index contributed by atoms with van der Waals surface area (Å²) in [5.41, 5.74) is 1.69. The molecule has 6 N–H and O–H groups in total. The molecule has 0 fully saturated rings. The third-order valence-corrected chi connectivity index (χ3v) is 9.84. The zero-order valence-corrected chi connectivity index (χ0v) is 33.0. The summed E-state index contributed by atoms with van der Waals surface area (Å²) in [5, 5.41) is 31.8. The van der Waals surface area contributed by atoms with Gasteiger partial charge in [0.1, 0.15) is 18.1 Å². The highest BCUT2D eigenvalue weighted by atomic mass is 16.4. The van der Waals surface area contributed by atoms with E-state index in [0.29, 0.717) is 12.8 Å². The third kappa shape index (κ3) is 14.9. The van der Waals surface area contributed by atoms with Gasteiger partial charge in [-0.2, -0.15) is 0 Å². The maximum Gasteiger partial charge on any atom is 0.326 e. The molecule has 0 saturated carbocycles. The van der Waals surface area contributed by atoms with Gasteiger partial charge in [-0.05, 0) is 48.6 Å². The molecule has 13 heteroatoms. The van der Waals surface area contributed by atoms with Crippen LogP contribution in [0.5, 0.6) is 0 Å². The fourth-order valence-corrected chi connectivity index (χ4v) is 5.90. The van der Waals surface area contributed by atoms with Gasteiger partial charge >= 0.3 is 5.97 Å². The van der Waals surface area contributed by atoms with Gasteiger partial charge in [0.05, 0.1) is 25.0 Å². The molecule has 0 radical (unpaired) electrons. The molecule has 0 aromatic heterocycles. The van der Waals surface area contributed by atoms with Crippen LogP contribution in [0, 0.1) is 17.8 Å². The van der Waals surface area contributed by atoms with Crippen LogP contribution in [0.25, 0.3) is 0 Å². The lowest BCUT2D eigenvalue weighted by molar-refractivity contribution is -0.143. The van der Waals surface area contributed by atoms with Crippen molar-refractivity contribution in [2.24, 2.45) is 17.8 Å². The Morgan fingerprint density at radius 2 is 1.20 bits per heavy atom. The lowest BCUT2D eigenvalue weighted by atomic mass is 9.95. The number of carbonyl (C=O) groups is 6. The SMILES string of the molecule is CC[C@H](C)[C@H](NC(=O)C[C@H](O)[C@H](Cc1ccccc1)NC(=O)[C@@H](NC(=O)CC[C@H](C)N(C)C(=O)Cc1ccccc1)C(C)C)C(=O)N[C@H](C(=O)O)C(C)C. The van der Waals surface area contributed by atoms with Crippen molar-refractivity contribution in [2.75, 3.05) is 7.05 Å². The number of amides is 5. The number of hydrogen-bond donors (Lipinski definition) is 6. The highest BCUT2D eigenvalue weighted by Gasteiger charge is 2.34. The number of aliphatic carboxylic acids is 1. The topological polar surface area (TPSA) is 194 Å². The summed E-state index contributed by atoms with van der Waals surface area (Å²) in [5.74, 6) is -4.51. The van der Waals surface area contributed by atoms with Crippen molar-refractivity contribution in [3.63, 3.8) is 0 Å². The zero-order valence-electron chi connectivity index (χ0n) is 33.0. The molecule has 7 atom stereocenters. The van der Waals surface area contributed by atoms with Crippen LogP contribution in [0.4, 0.5) is 0 Å². The lowest BCUT2D eigenvalue weighted by Gasteiger charge is -2.30. The van der Waals surface area contributed by atoms with Crippen molar-refractivity contribution in [3.8, 4) is 0 Å². The van der Waals surface area contributed by atoms with Crippen LogP contribution in [0.2, 0.25) is 0 Å². The van der Waals surface area contributed by atoms with E-state index in [9.17, 15) is 39.0 Å². The van der Waals surface area contributed by atoms with E-state index in [1.54, 1.807) is 46.6 Å². The highest BCUT2D eigenvalue weighted by Crippen LogP contribution is 2.15. The average Bonchev–Trinajstić information content (AvgIpc) is 3.13. The number of rotatable bonds is 22. The zero-order chi connectivity index (χ0) is 40.5. The second-order valence-electron chi connectivity index (χ2n) is 14.9. The van der Waals surface area contributed by atoms with Crippen LogP contribution in [-0.2, 0) is 41.6 Å². The first kappa shape index (κ1) is 45.4. The van der Waals surface area contributed by atoms with Crippen molar-refractivity contribution in [2.45, 2.75) is 123 Å². The normalized spacial score (nSPS) is 15.2. The summed E-state index contributed by atoms with van der Waals surface area (Å²) in [7, 11) is 1.71. The molecule has 0 aliphatic rings. The maximum absolute atomic E-state index is 13.7. The van der Waals surface area contributed by atoms with E-state index in [2.05, 4.69) is 21.3 Å². The fourth-order valence-electron chi connectivity index (χ4n) is 5.90. The summed E-state index contributed by atoms with van der Waals surface area (Å²) >= 11 is 0. The third-order valence-electron chi connectivity index (χ3n) is 9.84. The molecular formula is C41H61N5O8. The van der Waals surface area contributed by atoms with Crippen LogP contribution < -0.4 is 21.3 Å². The second-order valence-corrected chi connectivity index (χ2v) is 14.9. The van der Waals surface area contributed by atoms with E-state index in [0.717, 1.165) is 11.1 Å². The number of benzene rings is 2. The summed E-state index contributed by atoms with van der Waals surface area (Å²) in [4.78, 5) is 79.5. The van der Waals surface area contributed by atoms with Gasteiger partial charge in [-0.1, -0.05) is 109 Å². The predicted octanol–water partition coefficient (Wildman–Crippen LogP) is 3.23. The van der Waals surface area contributed by atoms with Gasteiger partial charge in [0.15, 0.2) is 0 Å². The molecule has 54 heavy (non-hydrogen) atoms. The number of hydrogen-bond acceptors (Lipinski definition) is 7. The Morgan fingerprint density at radius 1 is 0.685 bits per heavy atom. The number of nitrogens with zero attached hydrogens (tertiary/aromatic N) is 1. The van der Waals surface area contributed by atoms with Gasteiger partial charge in [0, 0.05) is 19.5 Å². The van der Waals surface area contributed by atoms with Gasteiger partial charge < -0.3 is 36.4 Å². The van der Waals surface area contributed by atoms with E-state index >= 15 is 0 Å². The number of aliphatic hydroxyl groups excluding tert-OH is 1. The minimum Gasteiger partial charge on any atom is -0.480 e. The number of carboxylic acid groups (broad SMARTS) is 1. The fraction of sp³-hybridized carbons (Fsp3) is 0.561. The second kappa shape index (κ2) is 22.4. The average molecular weight is 752 g/mol. The van der Waals surface area contributed by atoms with Crippen molar-refractivity contribution in [3.05, 3.63) is 71.8 Å². The van der Waals surface area contributed by atoms with Gasteiger partial charge in [-0.15, -0.1) is 0 Å². The summed E-state index contributed by atoms with van der Waals surface area (Å²) < 4.78 is 0. The van der Waals surface area contributed by atoms with Crippen LogP contribution in [0.1, 0.15) is 85.3 Å². The molecule has 2 aromatic rings. The van der Waals surface area contributed by atoms with E-state index in [1.165, 1.54) is 0 Å². The Kier molecular flexibility index (Phi) is 18.9. The van der Waals surface area contributed by atoms with Crippen LogP contribution in [0.15, 0.2) is 60.7 Å². The van der Waals surface area contributed by atoms with Crippen molar-refractivity contribution >= 4 is 35.5 Å². The Hall–Kier alpha value is -4.78. The van der Waals surface area contributed by atoms with E-state index in [4.69, 9.17) is 0 Å². The minimum atomic E-state index is -1.38. The molecule has 0 saturated heterocycles. The number of carboxylic acids is 1. The van der Waals surface area contributed by atoms with Gasteiger partial charge in [-0.3, -0.25) is 24.0 Å². The summed E-state index contributed by atoms with van der Waals surface area (Å²) in [6.45, 7) is 12.4. The molecule has 0 aliphatic heterocycles. The molecule has 13 nitrogen and oxygen atoms in total. The van der Waals surface area contributed by atoms with Gasteiger partial charge in [-0.25, -0.2) is 4.79 Å². The summed E-state index contributed by atoms with van der Waals surface area (Å²) in [6.07, 6.45) is -0.457. The minimum absolute atomic E-state index is 0.0677. The van der Waals surface area contributed by atoms with E-state index in [1.807, 2.05) is 74.5 Å². The maximum atomic E-state index is 13.7. The number of aliphatic hydroxyl groups is 1. The van der Waals surface area contributed by atoms with E-state index < -0.39 is 66.3 Å². The first-order chi connectivity index (χ1) is 25.4. The highest BCUT2D eigenvalue weighted by molar-refractivity contribution is 5.91. The monoisotopic (exact) mass is 751 g/mol. The van der Waals surface area contributed by atoms with Crippen LogP contribution >= 0.6 is 0 Å². The molecule has 2 rings (SSSR count). The van der Waals surface area contributed by atoms with Crippen molar-refractivity contribution in [1.29, 1.82) is 0 Å². The quantitative estimate of drug-likeness (QED) is 0.106. The Morgan fingerprint density at radius 3 is 1.72 bits per heavy atom. The predicted molar refractivity (Wildman–Crippen MR) is 207 cm³/mol. The molecule has 0 spiro atoms. The van der Waals surface area contributed by atoms with Gasteiger partial charge in [0.2, 0.25) is 29.5 Å². The Labute approximate surface area is 320 Å². The van der Waals surface area contributed by atoms with E-state index in [-0.39, 0.29) is 49.0 Å². The molecule has 0 aliphatic carbocycles. The largest absolute Gasteiger partial charge is 0.480 e. The van der Waals surface area contributed by atoms with Crippen LogP contribution in [-0.4, -0.2) is 94.0 Å². The molecule has 0 unspecified atom stereocenters. The molecular weight excluding hydrogens is 690 g/mol. The molecule has 0 heterocycles. The Balaban J connectivity index is 2.12. The lowest BCUT2D eigenvalue weighted by Crippen LogP contribution is -2.57. The molecule has 5 amide bonds. The smallest absolute Gasteiger partial charge is 0.326 e. The Bertz CT molecular complexity index is 1520. The summed E-state index contributed by atoms with van der Waals surface area (Å²) in [6, 6.07) is 14.2. The molecule has 298 valence electrons. The van der Waals surface area contributed by atoms with Crippen molar-refractivity contribution in [1.82, 2.24) is 26.2 Å². The number of likely N-dealkylation sites (N-methyl/N-ethyl adjacent to an activating group) is 1. The van der Waals surface area contributed by atoms with Gasteiger partial charge in [0.25, 0.3) is 0 Å². The first-order valence-corrected chi connectivity index (χ1v) is 18.9. The number of carbonyl (C=O) groups excluding carboxylic acids is 5. The van der Waals surface area contributed by atoms with Crippen molar-refractivity contribution < 1.29 is 39.0 Å². The first-order valence-electron chi connectivity index (χ1n) is 18.9. The molecule has 0 bridgehead atoms. The standard InChI is InChI=1S/C41H61N5O8/c1-9-27(6)38(40(52)45-37(26(4)5)41(53)54)44-34(49)24-32(47)31(22-29-16-12-10-13-17-29)42-39(51)36(25(2)3)43-33(48)21-20-28(7)46(8)35(50)23-30-18-14-11-15-19-30/h10-19,25-28,31-32,36-38,47H,9,20-24H2,1-8H3,(H,42,51)(H,43,48)(H,44,49)(H,45,52)(H,53,54)/t27-,28-,31-,32-,36-,37-,38-/m0/s1.